The van der Waals surface area contributed by atoms with Crippen molar-refractivity contribution in [3.05, 3.63) is 36.0 Å². The number of halogens is 1. The van der Waals surface area contributed by atoms with Crippen LogP contribution < -0.4 is 5.32 Å². The molecule has 0 saturated carbocycles. The van der Waals surface area contributed by atoms with Crippen LogP contribution in [0.4, 0.5) is 4.39 Å². The maximum absolute atomic E-state index is 13.2. The molecule has 1 fully saturated rings. The molecule has 0 amide bonds. The average Bonchev–Trinajstić information content (AvgIpc) is 3.09. The molecule has 6 heteroatoms. The number of hydrogen-bond acceptors (Lipinski definition) is 5. The van der Waals surface area contributed by atoms with Gasteiger partial charge in [0.25, 0.3) is 0 Å². The Kier molecular flexibility index (Phi) is 3.98. The topological polar surface area (TPSA) is 60.2 Å². The monoisotopic (exact) mass is 291 g/mol. The van der Waals surface area contributed by atoms with Gasteiger partial charge in [0.05, 0.1) is 12.1 Å². The van der Waals surface area contributed by atoms with Crippen LogP contribution in [0.3, 0.4) is 0 Å². The average molecular weight is 291 g/mol. The molecule has 1 aromatic heterocycles. The van der Waals surface area contributed by atoms with Gasteiger partial charge in [0.1, 0.15) is 5.82 Å². The minimum absolute atomic E-state index is 0.0750. The number of ether oxygens (including phenoxy) is 1. The molecule has 3 unspecified atom stereocenters. The number of aromatic nitrogens is 2. The van der Waals surface area contributed by atoms with Gasteiger partial charge < -0.3 is 14.6 Å². The Labute approximate surface area is 122 Å². The molecule has 1 aliphatic rings. The largest absolute Gasteiger partial charge is 0.377 e. The van der Waals surface area contributed by atoms with E-state index in [1.54, 1.807) is 12.1 Å². The van der Waals surface area contributed by atoms with Gasteiger partial charge in [0, 0.05) is 18.2 Å². The molecule has 1 aromatic carbocycles. The molecular weight excluding hydrogens is 273 g/mol. The van der Waals surface area contributed by atoms with E-state index >= 15 is 0 Å². The molecule has 0 bridgehead atoms. The Morgan fingerprint density at radius 2 is 2.29 bits per heavy atom. The first-order chi connectivity index (χ1) is 10.1. The van der Waals surface area contributed by atoms with Crippen LogP contribution in [0.2, 0.25) is 0 Å². The summed E-state index contributed by atoms with van der Waals surface area (Å²) in [5.74, 6) is 0.573. The molecule has 1 aliphatic heterocycles. The summed E-state index contributed by atoms with van der Waals surface area (Å²) in [6.07, 6.45) is 1.15. The van der Waals surface area contributed by atoms with Crippen molar-refractivity contribution in [1.82, 2.24) is 15.5 Å². The van der Waals surface area contributed by atoms with Gasteiger partial charge in [0.15, 0.2) is 0 Å². The molecule has 2 heterocycles. The van der Waals surface area contributed by atoms with Gasteiger partial charge in [-0.05, 0) is 32.4 Å². The van der Waals surface area contributed by atoms with E-state index in [1.807, 2.05) is 13.8 Å². The Hall–Kier alpha value is -1.79. The predicted octanol–water partition coefficient (Wildman–Crippen LogP) is 2.70. The Morgan fingerprint density at radius 3 is 3.00 bits per heavy atom. The van der Waals surface area contributed by atoms with Gasteiger partial charge in [0.2, 0.25) is 11.7 Å². The number of rotatable bonds is 4. The second-order valence-electron chi connectivity index (χ2n) is 5.33. The van der Waals surface area contributed by atoms with Crippen LogP contribution in [0.25, 0.3) is 11.4 Å². The van der Waals surface area contributed by atoms with E-state index in [0.717, 1.165) is 13.0 Å². The fraction of sp³-hybridized carbons (Fsp3) is 0.467. The molecule has 2 aromatic rings. The van der Waals surface area contributed by atoms with Crippen molar-refractivity contribution in [3.63, 3.8) is 0 Å². The summed E-state index contributed by atoms with van der Waals surface area (Å²) in [7, 11) is 0. The Bertz CT molecular complexity index is 616. The first kappa shape index (κ1) is 14.2. The molecular formula is C15H18FN3O2. The van der Waals surface area contributed by atoms with Crippen LogP contribution in [0, 0.1) is 5.82 Å². The first-order valence-corrected chi connectivity index (χ1v) is 7.10. The Morgan fingerprint density at radius 1 is 1.43 bits per heavy atom. The van der Waals surface area contributed by atoms with E-state index < -0.39 is 0 Å². The van der Waals surface area contributed by atoms with Gasteiger partial charge in [-0.1, -0.05) is 17.3 Å². The zero-order valence-electron chi connectivity index (χ0n) is 12.0. The molecule has 3 atom stereocenters. The summed E-state index contributed by atoms with van der Waals surface area (Å²) < 4.78 is 24.0. The van der Waals surface area contributed by atoms with Crippen molar-refractivity contribution >= 4 is 0 Å². The van der Waals surface area contributed by atoms with Gasteiger partial charge >= 0.3 is 0 Å². The van der Waals surface area contributed by atoms with Gasteiger partial charge in [-0.2, -0.15) is 4.98 Å². The van der Waals surface area contributed by atoms with E-state index in [9.17, 15) is 4.39 Å². The fourth-order valence-corrected chi connectivity index (χ4v) is 2.50. The zero-order valence-corrected chi connectivity index (χ0v) is 12.0. The van der Waals surface area contributed by atoms with E-state index in [-0.39, 0.29) is 24.0 Å². The third kappa shape index (κ3) is 3.11. The SMILES string of the molecule is CC(NC1CCOC1C)c1nc(-c2cccc(F)c2)no1. The lowest BCUT2D eigenvalue weighted by molar-refractivity contribution is 0.110. The second kappa shape index (κ2) is 5.91. The summed E-state index contributed by atoms with van der Waals surface area (Å²) in [5.41, 5.74) is 0.606. The van der Waals surface area contributed by atoms with Crippen molar-refractivity contribution in [1.29, 1.82) is 0 Å². The third-order valence-corrected chi connectivity index (χ3v) is 3.74. The summed E-state index contributed by atoms with van der Waals surface area (Å²) >= 11 is 0. The minimum atomic E-state index is -0.318. The van der Waals surface area contributed by atoms with Gasteiger partial charge in [-0.3, -0.25) is 0 Å². The molecule has 3 rings (SSSR count). The highest BCUT2D eigenvalue weighted by Crippen LogP contribution is 2.21. The molecule has 112 valence electrons. The lowest BCUT2D eigenvalue weighted by Gasteiger charge is -2.19. The number of nitrogens with zero attached hydrogens (tertiary/aromatic N) is 2. The second-order valence-corrected chi connectivity index (χ2v) is 5.33. The lowest BCUT2D eigenvalue weighted by atomic mass is 10.1. The zero-order chi connectivity index (χ0) is 14.8. The van der Waals surface area contributed by atoms with Crippen LogP contribution >= 0.6 is 0 Å². The molecule has 5 nitrogen and oxygen atoms in total. The van der Waals surface area contributed by atoms with E-state index in [1.165, 1.54) is 12.1 Å². The predicted molar refractivity (Wildman–Crippen MR) is 75.1 cm³/mol. The minimum Gasteiger partial charge on any atom is -0.377 e. The van der Waals surface area contributed by atoms with Crippen molar-refractivity contribution in [2.45, 2.75) is 38.5 Å². The quantitative estimate of drug-likeness (QED) is 0.938. The van der Waals surface area contributed by atoms with E-state index in [2.05, 4.69) is 15.5 Å². The standard InChI is InChI=1S/C15H18FN3O2/c1-9(17-13-6-7-20-10(13)2)15-18-14(19-21-15)11-4-3-5-12(16)8-11/h3-5,8-10,13,17H,6-7H2,1-2H3. The molecule has 1 N–H and O–H groups in total. The van der Waals surface area contributed by atoms with E-state index in [0.29, 0.717) is 17.3 Å². The third-order valence-electron chi connectivity index (χ3n) is 3.74. The van der Waals surface area contributed by atoms with Crippen molar-refractivity contribution in [2.24, 2.45) is 0 Å². The number of benzene rings is 1. The molecule has 0 radical (unpaired) electrons. The normalized spacial score (nSPS) is 23.4. The van der Waals surface area contributed by atoms with Crippen molar-refractivity contribution < 1.29 is 13.7 Å². The van der Waals surface area contributed by atoms with Crippen LogP contribution in [-0.2, 0) is 4.74 Å². The molecule has 0 spiro atoms. The van der Waals surface area contributed by atoms with Crippen LogP contribution in [0.5, 0.6) is 0 Å². The summed E-state index contributed by atoms with van der Waals surface area (Å²) in [6, 6.07) is 6.36. The number of hydrogen-bond donors (Lipinski definition) is 1. The fourth-order valence-electron chi connectivity index (χ4n) is 2.50. The highest BCUT2D eigenvalue weighted by Gasteiger charge is 2.27. The van der Waals surface area contributed by atoms with E-state index in [4.69, 9.17) is 9.26 Å². The van der Waals surface area contributed by atoms with Gasteiger partial charge in [-0.25, -0.2) is 4.39 Å². The highest BCUT2D eigenvalue weighted by molar-refractivity contribution is 5.53. The van der Waals surface area contributed by atoms with Crippen LogP contribution in [0.1, 0.15) is 32.2 Å². The van der Waals surface area contributed by atoms with Crippen molar-refractivity contribution in [2.75, 3.05) is 6.61 Å². The highest BCUT2D eigenvalue weighted by atomic mass is 19.1. The first-order valence-electron chi connectivity index (χ1n) is 7.10. The summed E-state index contributed by atoms with van der Waals surface area (Å²) in [6.45, 7) is 4.78. The maximum Gasteiger partial charge on any atom is 0.243 e. The van der Waals surface area contributed by atoms with Crippen LogP contribution in [-0.4, -0.2) is 28.9 Å². The van der Waals surface area contributed by atoms with Gasteiger partial charge in [-0.15, -0.1) is 0 Å². The maximum atomic E-state index is 13.2. The summed E-state index contributed by atoms with van der Waals surface area (Å²) in [5, 5.41) is 7.34. The molecule has 21 heavy (non-hydrogen) atoms. The molecule has 1 saturated heterocycles. The summed E-state index contributed by atoms with van der Waals surface area (Å²) in [4.78, 5) is 4.34. The lowest BCUT2D eigenvalue weighted by Crippen LogP contribution is -2.36. The van der Waals surface area contributed by atoms with Crippen LogP contribution in [0.15, 0.2) is 28.8 Å². The molecule has 0 aliphatic carbocycles. The Balaban J connectivity index is 1.72. The number of nitrogens with one attached hydrogen (secondary N) is 1. The van der Waals surface area contributed by atoms with Crippen molar-refractivity contribution in [3.8, 4) is 11.4 Å². The smallest absolute Gasteiger partial charge is 0.243 e.